The maximum Gasteiger partial charge on any atom is 0.183 e. The molecule has 0 aromatic carbocycles. The molecule has 0 bridgehead atoms. The lowest BCUT2D eigenvalue weighted by Gasteiger charge is -2.12. The quantitative estimate of drug-likeness (QED) is 0.655. The van der Waals surface area contributed by atoms with E-state index in [9.17, 15) is 0 Å². The first-order valence-electron chi connectivity index (χ1n) is 7.31. The summed E-state index contributed by atoms with van der Waals surface area (Å²) in [6, 6.07) is -0.0345. The third-order valence-corrected chi connectivity index (χ3v) is 3.69. The fourth-order valence-corrected chi connectivity index (χ4v) is 2.32. The van der Waals surface area contributed by atoms with E-state index in [4.69, 9.17) is 5.73 Å². The van der Waals surface area contributed by atoms with Crippen molar-refractivity contribution in [3.63, 3.8) is 0 Å². The van der Waals surface area contributed by atoms with E-state index < -0.39 is 0 Å². The Bertz CT molecular complexity index is 787. The van der Waals surface area contributed by atoms with E-state index in [2.05, 4.69) is 43.5 Å². The number of nitrogens with two attached hydrogens (primary N) is 1. The highest BCUT2D eigenvalue weighted by atomic mass is 15.3. The zero-order valence-electron chi connectivity index (χ0n) is 13.0. The van der Waals surface area contributed by atoms with Gasteiger partial charge in [0.1, 0.15) is 11.3 Å². The molecule has 3 heterocycles. The molecule has 3 aromatic rings. The Balaban J connectivity index is 1.75. The van der Waals surface area contributed by atoms with Gasteiger partial charge in [-0.05, 0) is 20.8 Å². The number of H-pyrrole nitrogens is 1. The summed E-state index contributed by atoms with van der Waals surface area (Å²) in [6.07, 6.45) is 3.63. The van der Waals surface area contributed by atoms with Gasteiger partial charge in [-0.25, -0.2) is 15.0 Å². The fraction of sp³-hybridized carbons (Fsp3) is 0.429. The van der Waals surface area contributed by atoms with Gasteiger partial charge >= 0.3 is 0 Å². The smallest absolute Gasteiger partial charge is 0.183 e. The minimum Gasteiger partial charge on any atom is -0.382 e. The average molecular weight is 300 g/mol. The topological polar surface area (TPSA) is 110 Å². The van der Waals surface area contributed by atoms with Gasteiger partial charge in [-0.15, -0.1) is 0 Å². The van der Waals surface area contributed by atoms with Crippen molar-refractivity contribution in [2.45, 2.75) is 39.9 Å². The van der Waals surface area contributed by atoms with Crippen molar-refractivity contribution < 1.29 is 0 Å². The van der Waals surface area contributed by atoms with E-state index in [0.29, 0.717) is 29.4 Å². The van der Waals surface area contributed by atoms with Crippen LogP contribution < -0.4 is 11.1 Å². The Hall–Kier alpha value is -2.48. The molecule has 3 rings (SSSR count). The summed E-state index contributed by atoms with van der Waals surface area (Å²) < 4.78 is 1.93. The molecular weight excluding hydrogens is 280 g/mol. The number of aryl methyl sites for hydroxylation is 2. The number of nitrogens with one attached hydrogen (secondary N) is 2. The molecule has 8 nitrogen and oxygen atoms in total. The molecular formula is C14H20N8. The summed E-state index contributed by atoms with van der Waals surface area (Å²) in [5, 5.41) is 7.84. The van der Waals surface area contributed by atoms with Crippen LogP contribution in [0.1, 0.15) is 37.0 Å². The van der Waals surface area contributed by atoms with Gasteiger partial charge in [0, 0.05) is 24.8 Å². The number of hydrogen-bond acceptors (Lipinski definition) is 6. The number of nitrogens with zero attached hydrogens (tertiary/aromatic N) is 5. The predicted molar refractivity (Wildman–Crippen MR) is 84.0 cm³/mol. The molecule has 0 spiro atoms. The van der Waals surface area contributed by atoms with Crippen LogP contribution in [-0.2, 0) is 13.1 Å². The third-order valence-electron chi connectivity index (χ3n) is 3.69. The summed E-state index contributed by atoms with van der Waals surface area (Å²) >= 11 is 0. The summed E-state index contributed by atoms with van der Waals surface area (Å²) in [5.74, 6) is 1.05. The Labute approximate surface area is 128 Å². The number of aromatic nitrogens is 6. The molecule has 0 radical (unpaired) electrons. The lowest BCUT2D eigenvalue weighted by atomic mass is 10.2. The highest BCUT2D eigenvalue weighted by Crippen LogP contribution is 2.17. The van der Waals surface area contributed by atoms with Crippen molar-refractivity contribution in [3.05, 3.63) is 29.6 Å². The summed E-state index contributed by atoms with van der Waals surface area (Å²) in [4.78, 5) is 15.9. The van der Waals surface area contributed by atoms with Gasteiger partial charge in [0.25, 0.3) is 0 Å². The molecule has 116 valence electrons. The van der Waals surface area contributed by atoms with Crippen molar-refractivity contribution in [2.75, 3.05) is 5.73 Å². The lowest BCUT2D eigenvalue weighted by molar-refractivity contribution is 0.547. The standard InChI is InChI=1S/C14H20N8/c1-4-22-6-10(8(2)21-22)5-16-9(3)13-19-12(15)11-14(20-13)18-7-17-11/h6-7,9,16H,4-5H2,1-3H3,(H3,15,17,18,19,20). The highest BCUT2D eigenvalue weighted by molar-refractivity contribution is 5.80. The second-order valence-electron chi connectivity index (χ2n) is 5.27. The van der Waals surface area contributed by atoms with Gasteiger partial charge in [-0.2, -0.15) is 5.10 Å². The van der Waals surface area contributed by atoms with E-state index in [1.54, 1.807) is 6.33 Å². The first kappa shape index (κ1) is 14.5. The average Bonchev–Trinajstić information content (AvgIpc) is 3.11. The number of imidazole rings is 1. The van der Waals surface area contributed by atoms with Gasteiger partial charge < -0.3 is 16.0 Å². The molecule has 0 amide bonds. The Kier molecular flexibility index (Phi) is 3.76. The van der Waals surface area contributed by atoms with Gasteiger partial charge in [0.05, 0.1) is 18.1 Å². The van der Waals surface area contributed by atoms with Crippen molar-refractivity contribution in [3.8, 4) is 0 Å². The zero-order chi connectivity index (χ0) is 15.7. The maximum absolute atomic E-state index is 5.93. The number of aromatic amines is 1. The van der Waals surface area contributed by atoms with Crippen LogP contribution in [0.3, 0.4) is 0 Å². The predicted octanol–water partition coefficient (Wildman–Crippen LogP) is 1.31. The first-order chi connectivity index (χ1) is 10.6. The second-order valence-corrected chi connectivity index (χ2v) is 5.27. The molecule has 0 saturated carbocycles. The van der Waals surface area contributed by atoms with Gasteiger partial charge in [0.15, 0.2) is 11.5 Å². The van der Waals surface area contributed by atoms with Crippen LogP contribution in [0.4, 0.5) is 5.82 Å². The van der Waals surface area contributed by atoms with Crippen LogP contribution in [0.25, 0.3) is 11.2 Å². The van der Waals surface area contributed by atoms with Crippen LogP contribution in [0.5, 0.6) is 0 Å². The van der Waals surface area contributed by atoms with E-state index in [1.165, 1.54) is 5.56 Å². The molecule has 4 N–H and O–H groups in total. The number of anilines is 1. The van der Waals surface area contributed by atoms with E-state index in [0.717, 1.165) is 12.2 Å². The Morgan fingerprint density at radius 1 is 1.41 bits per heavy atom. The number of rotatable bonds is 5. The van der Waals surface area contributed by atoms with Gasteiger partial charge in [-0.3, -0.25) is 4.68 Å². The lowest BCUT2D eigenvalue weighted by Crippen LogP contribution is -2.21. The number of hydrogen-bond donors (Lipinski definition) is 3. The van der Waals surface area contributed by atoms with Crippen LogP contribution in [0.15, 0.2) is 12.5 Å². The molecule has 8 heteroatoms. The summed E-state index contributed by atoms with van der Waals surface area (Å²) in [6.45, 7) is 7.66. The SMILES string of the molecule is CCn1cc(CNC(C)c2nc(N)c3[nH]cnc3n2)c(C)n1. The largest absolute Gasteiger partial charge is 0.382 e. The molecule has 0 aliphatic heterocycles. The fourth-order valence-electron chi connectivity index (χ4n) is 2.32. The van der Waals surface area contributed by atoms with Crippen molar-refractivity contribution >= 4 is 17.0 Å². The minimum atomic E-state index is -0.0345. The first-order valence-corrected chi connectivity index (χ1v) is 7.31. The van der Waals surface area contributed by atoms with E-state index in [-0.39, 0.29) is 6.04 Å². The molecule has 1 unspecified atom stereocenters. The van der Waals surface area contributed by atoms with Crippen molar-refractivity contribution in [2.24, 2.45) is 0 Å². The van der Waals surface area contributed by atoms with Crippen LogP contribution in [0.2, 0.25) is 0 Å². The van der Waals surface area contributed by atoms with E-state index in [1.807, 2.05) is 18.5 Å². The minimum absolute atomic E-state index is 0.0345. The number of fused-ring (bicyclic) bond motifs is 1. The monoisotopic (exact) mass is 300 g/mol. The second kappa shape index (κ2) is 5.72. The zero-order valence-corrected chi connectivity index (χ0v) is 13.0. The number of nitrogen functional groups attached to an aromatic ring is 1. The molecule has 22 heavy (non-hydrogen) atoms. The molecule has 0 saturated heterocycles. The molecule has 0 fully saturated rings. The highest BCUT2D eigenvalue weighted by Gasteiger charge is 2.14. The molecule has 0 aliphatic carbocycles. The maximum atomic E-state index is 5.93. The van der Waals surface area contributed by atoms with Gasteiger partial charge in [-0.1, -0.05) is 0 Å². The molecule has 1 atom stereocenters. The van der Waals surface area contributed by atoms with Crippen LogP contribution in [0, 0.1) is 6.92 Å². The third kappa shape index (κ3) is 2.64. The normalized spacial score (nSPS) is 12.9. The molecule has 3 aromatic heterocycles. The van der Waals surface area contributed by atoms with Crippen LogP contribution in [-0.4, -0.2) is 29.7 Å². The van der Waals surface area contributed by atoms with Crippen LogP contribution >= 0.6 is 0 Å². The molecule has 0 aliphatic rings. The Morgan fingerprint density at radius 3 is 2.95 bits per heavy atom. The van der Waals surface area contributed by atoms with Crippen molar-refractivity contribution in [1.82, 2.24) is 35.0 Å². The van der Waals surface area contributed by atoms with E-state index >= 15 is 0 Å². The van der Waals surface area contributed by atoms with Crippen molar-refractivity contribution in [1.29, 1.82) is 0 Å². The van der Waals surface area contributed by atoms with Gasteiger partial charge in [0.2, 0.25) is 0 Å². The summed E-state index contributed by atoms with van der Waals surface area (Å²) in [7, 11) is 0. The Morgan fingerprint density at radius 2 is 2.23 bits per heavy atom. The summed E-state index contributed by atoms with van der Waals surface area (Å²) in [5.41, 5.74) is 9.40.